The lowest BCUT2D eigenvalue weighted by atomic mass is 10.2. The van der Waals surface area contributed by atoms with Crippen molar-refractivity contribution < 1.29 is 9.53 Å². The second-order valence-corrected chi connectivity index (χ2v) is 5.05. The maximum absolute atomic E-state index is 12.4. The first kappa shape index (κ1) is 16.3. The number of aromatic nitrogens is 3. The number of carbonyl (C=O) groups excluding carboxylic acids is 1. The van der Waals surface area contributed by atoms with Crippen LogP contribution < -0.4 is 10.1 Å². The maximum Gasteiger partial charge on any atom is 0.279 e. The minimum absolute atomic E-state index is 0.194. The van der Waals surface area contributed by atoms with Crippen LogP contribution in [0.2, 0.25) is 0 Å². The minimum atomic E-state index is -0.391. The Morgan fingerprint density at radius 1 is 1.08 bits per heavy atom. The molecule has 124 valence electrons. The number of nitrogens with one attached hydrogen (secondary N) is 1. The zero-order valence-corrected chi connectivity index (χ0v) is 13.4. The summed E-state index contributed by atoms with van der Waals surface area (Å²) >= 11 is 0. The van der Waals surface area contributed by atoms with Crippen molar-refractivity contribution in [2.45, 2.75) is 0 Å². The summed E-state index contributed by atoms with van der Waals surface area (Å²) in [6, 6.07) is 12.6. The number of ether oxygens (including phenoxy) is 1. The monoisotopic (exact) mass is 332 g/mol. The highest BCUT2D eigenvalue weighted by Gasteiger charge is 2.14. The molecule has 1 N–H and O–H groups in total. The molecule has 0 saturated heterocycles. The standard InChI is InChI=1S/C19H16N4O2/c1-2-12-25-16-7-5-11-21-18(16)19(24)23-17-9-8-14(13-22-17)15-6-3-4-10-20-15/h2-11,13H,1,12H2,(H,22,23,24). The normalized spacial score (nSPS) is 10.1. The first-order valence-corrected chi connectivity index (χ1v) is 7.65. The van der Waals surface area contributed by atoms with Gasteiger partial charge in [-0.2, -0.15) is 0 Å². The number of hydrogen-bond acceptors (Lipinski definition) is 5. The van der Waals surface area contributed by atoms with Crippen molar-refractivity contribution in [1.29, 1.82) is 0 Å². The van der Waals surface area contributed by atoms with Gasteiger partial charge in [0, 0.05) is 24.2 Å². The number of carbonyl (C=O) groups is 1. The lowest BCUT2D eigenvalue weighted by molar-refractivity contribution is 0.101. The Hall–Kier alpha value is -3.54. The SMILES string of the molecule is C=CCOc1cccnc1C(=O)Nc1ccc(-c2ccccn2)cn1. The molecule has 0 aliphatic carbocycles. The lowest BCUT2D eigenvalue weighted by Gasteiger charge is -2.09. The van der Waals surface area contributed by atoms with Gasteiger partial charge in [0.2, 0.25) is 0 Å². The van der Waals surface area contributed by atoms with E-state index < -0.39 is 5.91 Å². The van der Waals surface area contributed by atoms with Gasteiger partial charge in [-0.05, 0) is 36.4 Å². The summed E-state index contributed by atoms with van der Waals surface area (Å²) in [5.74, 6) is 0.424. The average molecular weight is 332 g/mol. The van der Waals surface area contributed by atoms with Crippen LogP contribution in [-0.2, 0) is 0 Å². The number of pyridine rings is 3. The van der Waals surface area contributed by atoms with Gasteiger partial charge in [-0.1, -0.05) is 18.7 Å². The molecule has 0 unspecified atom stereocenters. The third kappa shape index (κ3) is 4.06. The van der Waals surface area contributed by atoms with Crippen LogP contribution in [0.25, 0.3) is 11.3 Å². The third-order valence-electron chi connectivity index (χ3n) is 3.31. The van der Waals surface area contributed by atoms with Crippen LogP contribution in [0.4, 0.5) is 5.82 Å². The number of rotatable bonds is 6. The predicted molar refractivity (Wildman–Crippen MR) is 95.4 cm³/mol. The van der Waals surface area contributed by atoms with Gasteiger partial charge < -0.3 is 10.1 Å². The Balaban J connectivity index is 1.74. The molecule has 3 heterocycles. The van der Waals surface area contributed by atoms with Crippen LogP contribution in [0.15, 0.2) is 73.7 Å². The van der Waals surface area contributed by atoms with Crippen LogP contribution in [0.1, 0.15) is 10.5 Å². The Kier molecular flexibility index (Phi) is 5.11. The highest BCUT2D eigenvalue weighted by atomic mass is 16.5. The van der Waals surface area contributed by atoms with Gasteiger partial charge in [-0.3, -0.25) is 9.78 Å². The Bertz CT molecular complexity index is 864. The molecule has 6 nitrogen and oxygen atoms in total. The quantitative estimate of drug-likeness (QED) is 0.700. The molecule has 0 aliphatic rings. The van der Waals surface area contributed by atoms with E-state index in [0.29, 0.717) is 18.2 Å². The van der Waals surface area contributed by atoms with Crippen molar-refractivity contribution in [1.82, 2.24) is 15.0 Å². The van der Waals surface area contributed by atoms with Gasteiger partial charge in [0.15, 0.2) is 11.4 Å². The smallest absolute Gasteiger partial charge is 0.279 e. The van der Waals surface area contributed by atoms with Gasteiger partial charge in [-0.25, -0.2) is 9.97 Å². The predicted octanol–water partition coefficient (Wildman–Crippen LogP) is 3.36. The van der Waals surface area contributed by atoms with Crippen molar-refractivity contribution in [2.75, 3.05) is 11.9 Å². The first-order chi connectivity index (χ1) is 12.3. The highest BCUT2D eigenvalue weighted by molar-refractivity contribution is 6.04. The highest BCUT2D eigenvalue weighted by Crippen LogP contribution is 2.19. The van der Waals surface area contributed by atoms with Crippen molar-refractivity contribution in [3.63, 3.8) is 0 Å². The topological polar surface area (TPSA) is 77.0 Å². The molecule has 0 aliphatic heterocycles. The number of amides is 1. The van der Waals surface area contributed by atoms with E-state index in [2.05, 4.69) is 26.8 Å². The third-order valence-corrected chi connectivity index (χ3v) is 3.31. The molecule has 0 saturated carbocycles. The Morgan fingerprint density at radius 3 is 2.68 bits per heavy atom. The van der Waals surface area contributed by atoms with Gasteiger partial charge >= 0.3 is 0 Å². The van der Waals surface area contributed by atoms with E-state index >= 15 is 0 Å². The zero-order valence-electron chi connectivity index (χ0n) is 13.4. The molecule has 0 aromatic carbocycles. The molecule has 3 aromatic heterocycles. The summed E-state index contributed by atoms with van der Waals surface area (Å²) in [5, 5.41) is 2.71. The van der Waals surface area contributed by atoms with E-state index in [1.54, 1.807) is 36.7 Å². The zero-order chi connectivity index (χ0) is 17.5. The minimum Gasteiger partial charge on any atom is -0.487 e. The van der Waals surface area contributed by atoms with E-state index in [-0.39, 0.29) is 5.69 Å². The lowest BCUT2D eigenvalue weighted by Crippen LogP contribution is -2.16. The molecular weight excluding hydrogens is 316 g/mol. The van der Waals surface area contributed by atoms with E-state index in [1.807, 2.05) is 24.3 Å². The summed E-state index contributed by atoms with van der Waals surface area (Å²) in [7, 11) is 0. The second-order valence-electron chi connectivity index (χ2n) is 5.05. The molecule has 3 aromatic rings. The maximum atomic E-state index is 12.4. The molecule has 0 spiro atoms. The van der Waals surface area contributed by atoms with Gasteiger partial charge in [0.25, 0.3) is 5.91 Å². The summed E-state index contributed by atoms with van der Waals surface area (Å²) in [6.45, 7) is 3.88. The van der Waals surface area contributed by atoms with E-state index in [9.17, 15) is 4.79 Å². The molecule has 0 bridgehead atoms. The molecule has 1 amide bonds. The fraction of sp³-hybridized carbons (Fsp3) is 0.0526. The second kappa shape index (κ2) is 7.83. The van der Waals surface area contributed by atoms with Crippen LogP contribution >= 0.6 is 0 Å². The molecule has 25 heavy (non-hydrogen) atoms. The Labute approximate surface area is 145 Å². The summed E-state index contributed by atoms with van der Waals surface area (Å²) in [4.78, 5) is 25.0. The van der Waals surface area contributed by atoms with Crippen LogP contribution in [-0.4, -0.2) is 27.5 Å². The van der Waals surface area contributed by atoms with E-state index in [1.165, 1.54) is 6.20 Å². The molecule has 0 atom stereocenters. The van der Waals surface area contributed by atoms with Crippen molar-refractivity contribution >= 4 is 11.7 Å². The van der Waals surface area contributed by atoms with Crippen molar-refractivity contribution in [3.8, 4) is 17.0 Å². The van der Waals surface area contributed by atoms with Gasteiger partial charge in [-0.15, -0.1) is 0 Å². The number of anilines is 1. The largest absolute Gasteiger partial charge is 0.487 e. The van der Waals surface area contributed by atoms with Crippen molar-refractivity contribution in [2.24, 2.45) is 0 Å². The Morgan fingerprint density at radius 2 is 1.96 bits per heavy atom. The number of nitrogens with zero attached hydrogens (tertiary/aromatic N) is 3. The average Bonchev–Trinajstić information content (AvgIpc) is 2.68. The number of hydrogen-bond donors (Lipinski definition) is 1. The van der Waals surface area contributed by atoms with Crippen LogP contribution in [0.5, 0.6) is 5.75 Å². The van der Waals surface area contributed by atoms with E-state index in [0.717, 1.165) is 11.3 Å². The van der Waals surface area contributed by atoms with Gasteiger partial charge in [0.05, 0.1) is 5.69 Å². The van der Waals surface area contributed by atoms with Crippen LogP contribution in [0, 0.1) is 0 Å². The fourth-order valence-electron chi connectivity index (χ4n) is 2.15. The van der Waals surface area contributed by atoms with Gasteiger partial charge in [0.1, 0.15) is 12.4 Å². The molecule has 6 heteroatoms. The molecule has 0 radical (unpaired) electrons. The molecule has 0 fully saturated rings. The van der Waals surface area contributed by atoms with Crippen molar-refractivity contribution in [3.05, 3.63) is 79.4 Å². The molecular formula is C19H16N4O2. The van der Waals surface area contributed by atoms with E-state index in [4.69, 9.17) is 4.74 Å². The summed E-state index contributed by atoms with van der Waals surface area (Å²) in [6.07, 6.45) is 6.52. The summed E-state index contributed by atoms with van der Waals surface area (Å²) in [5.41, 5.74) is 1.88. The molecule has 3 rings (SSSR count). The fourth-order valence-corrected chi connectivity index (χ4v) is 2.15. The first-order valence-electron chi connectivity index (χ1n) is 7.65. The summed E-state index contributed by atoms with van der Waals surface area (Å²) < 4.78 is 5.45. The van der Waals surface area contributed by atoms with Crippen LogP contribution in [0.3, 0.4) is 0 Å².